The van der Waals surface area contributed by atoms with Gasteiger partial charge in [-0.2, -0.15) is 0 Å². The number of esters is 7. The highest BCUT2D eigenvalue weighted by molar-refractivity contribution is 6.07. The van der Waals surface area contributed by atoms with Gasteiger partial charge in [-0.05, 0) is 219 Å². The van der Waals surface area contributed by atoms with Crippen LogP contribution in [-0.2, 0) is 112 Å². The Bertz CT molecular complexity index is 6610. The van der Waals surface area contributed by atoms with Gasteiger partial charge in [-0.1, -0.05) is 79.7 Å². The van der Waals surface area contributed by atoms with Crippen LogP contribution in [0, 0.1) is 0 Å². The van der Waals surface area contributed by atoms with E-state index < -0.39 is 71.6 Å². The monoisotopic (exact) mass is 1970 g/mol. The van der Waals surface area contributed by atoms with Gasteiger partial charge in [-0.25, -0.2) is 57.5 Å². The van der Waals surface area contributed by atoms with Crippen LogP contribution in [0.15, 0.2) is 218 Å². The topological polar surface area (TPSA) is 533 Å². The number of aromatic carboxylic acids is 5. The summed E-state index contributed by atoms with van der Waals surface area (Å²) in [6.45, 7) is 3.32. The average molecular weight is 1970 g/mol. The zero-order valence-electron chi connectivity index (χ0n) is 77.9. The first-order chi connectivity index (χ1) is 69.6. The predicted molar refractivity (Wildman–Crippen MR) is 506 cm³/mol. The van der Waals surface area contributed by atoms with Crippen molar-refractivity contribution in [2.45, 2.75) is 91.9 Å². The lowest BCUT2D eigenvalue weighted by Crippen LogP contribution is -2.26. The summed E-state index contributed by atoms with van der Waals surface area (Å²) < 4.78 is 35.8. The zero-order valence-corrected chi connectivity index (χ0v) is 77.9. The van der Waals surface area contributed by atoms with Gasteiger partial charge in [0.15, 0.2) is 0 Å². The lowest BCUT2D eigenvalue weighted by molar-refractivity contribution is 0.0265. The third kappa shape index (κ3) is 24.5. The summed E-state index contributed by atoms with van der Waals surface area (Å²) in [4.78, 5) is 234. The molecule has 38 heteroatoms. The Balaban J connectivity index is 0.000000217. The molecular formula is C107H92N6O32. The fourth-order valence-electron chi connectivity index (χ4n) is 16.9. The number of rotatable bonds is 33. The molecule has 0 saturated carbocycles. The Labute approximate surface area is 825 Å². The number of methoxy groups -OCH3 is 2. The minimum atomic E-state index is -1.13. The van der Waals surface area contributed by atoms with Gasteiger partial charge in [-0.3, -0.25) is 28.8 Å². The van der Waals surface area contributed by atoms with Crippen LogP contribution in [0.25, 0.3) is 0 Å². The van der Waals surface area contributed by atoms with E-state index in [1.165, 1.54) is 136 Å². The van der Waals surface area contributed by atoms with Gasteiger partial charge in [0, 0.05) is 112 Å². The van der Waals surface area contributed by atoms with Crippen LogP contribution in [0.1, 0.15) is 267 Å². The van der Waals surface area contributed by atoms with Gasteiger partial charge >= 0.3 is 71.6 Å². The molecule has 38 nitrogen and oxygen atoms in total. The van der Waals surface area contributed by atoms with Gasteiger partial charge < -0.3 is 98.3 Å². The summed E-state index contributed by atoms with van der Waals surface area (Å²) in [6.07, 6.45) is 0.644. The van der Waals surface area contributed by atoms with Crippen molar-refractivity contribution in [3.8, 4) is 0 Å². The van der Waals surface area contributed by atoms with Crippen LogP contribution in [0.4, 0.5) is 0 Å². The maximum Gasteiger partial charge on any atom is 0.338 e. The zero-order chi connectivity index (χ0) is 104. The molecule has 742 valence electrons. The maximum atomic E-state index is 14.1. The van der Waals surface area contributed by atoms with E-state index in [-0.39, 0.29) is 227 Å². The molecule has 0 atom stereocenters. The minimum Gasteiger partial charge on any atom is -0.478 e. The van der Waals surface area contributed by atoms with Crippen LogP contribution in [0.3, 0.4) is 0 Å². The number of carbonyl (C=O) groups excluding carboxylic acids is 13. The molecule has 11 aromatic carbocycles. The minimum absolute atomic E-state index is 0.0201. The number of carboxylic acids is 5. The summed E-state index contributed by atoms with van der Waals surface area (Å²) in [5, 5.41) is 60.4. The summed E-state index contributed by atoms with van der Waals surface area (Å²) in [7, 11) is 2.49. The second-order valence-electron chi connectivity index (χ2n) is 33.9. The SMILES string of the molecule is CCCOC(=O)c1ccc2c(c1)C(=O)N(Cc1cc(CN3Cc4ccc(C(=O)OCCOC(=O)c5ccc(C(=O)OC)cc5)cc4C3=O)cc(CN3Cc4ccc(C(=O)OCCOC(=O)c5ccc(C(=O)OC)cc5)cc4C3=O)c1)C2.O=C(O)c1ccc(C(=O)O)cc1.O=C(O)c1ccc2c(c1)C(=O)N(Cc1cc(CN3Cc4ccc(C(=O)O)cc4C3=O)cc(CN3Cc4ccc(C(=O)O)cc4C3=O)c1)C2.OCCO. The predicted octanol–water partition coefficient (Wildman–Crippen LogP) is 11.6. The highest BCUT2D eigenvalue weighted by Crippen LogP contribution is 2.36. The van der Waals surface area contributed by atoms with Crippen molar-refractivity contribution in [2.24, 2.45) is 0 Å². The molecule has 0 radical (unpaired) electrons. The standard InChI is InChI=1S/C61H53N3O17.C36H27N3O9.C8H6O4.C2H6O2/c1-4-19-77-59(72)43-13-16-46-33-62(52(65)49(46)27-43)30-36-24-37(31-63-34-47-17-14-44(28-50(47)53(63)66)60(73)80-22-20-78-57(70)41-9-5-39(6-10-41)55(68)75-2)26-38(25-36)32-64-35-48-18-15-45(29-51(48)54(64)67)61(74)81-23-21-79-58(71)42-11-7-40(8-12-42)56(69)76-3;40-31-28-10-22(34(43)44)1-4-25(28)16-37(31)13-19-7-20(14-38-17-26-5-2-23(35(45)46)11-29(26)32(38)41)9-21(8-19)15-39-18-27-6-3-24(36(47)48)12-30(27)33(39)42;9-7(10)5-1-2-6(4-3-5)8(11)12;3-1-2-4/h5-18,24-29H,4,19-23,30-35H2,1-3H3;1-12H,13-18H2,(H,43,44)(H,45,46)(H,47,48);1-4H,(H,9,10)(H,11,12);3-4H,1-2H2. The van der Waals surface area contributed by atoms with E-state index in [1.807, 2.05) is 43.3 Å². The second-order valence-corrected chi connectivity index (χ2v) is 33.9. The summed E-state index contributed by atoms with van der Waals surface area (Å²) >= 11 is 0. The number of hydrogen-bond acceptors (Lipinski definition) is 27. The first kappa shape index (κ1) is 103. The average Bonchev–Trinajstić information content (AvgIpc) is 1.63. The molecule has 0 aliphatic carbocycles. The lowest BCUT2D eigenvalue weighted by Gasteiger charge is -2.22. The number of aliphatic hydroxyl groups excluding tert-OH is 2. The third-order valence-corrected chi connectivity index (χ3v) is 23.9. The van der Waals surface area contributed by atoms with Gasteiger partial charge in [0.25, 0.3) is 35.4 Å². The third-order valence-electron chi connectivity index (χ3n) is 23.9. The van der Waals surface area contributed by atoms with E-state index in [0.29, 0.717) is 84.3 Å². The van der Waals surface area contributed by atoms with Crippen LogP contribution in [-0.4, -0.2) is 233 Å². The van der Waals surface area contributed by atoms with E-state index in [1.54, 1.807) is 90.1 Å². The quantitative estimate of drug-likeness (QED) is 0.0114. The first-order valence-corrected chi connectivity index (χ1v) is 45.1. The van der Waals surface area contributed by atoms with Gasteiger partial charge in [-0.15, -0.1) is 0 Å². The smallest absolute Gasteiger partial charge is 0.338 e. The van der Waals surface area contributed by atoms with Gasteiger partial charge in [0.05, 0.1) is 101 Å². The molecule has 7 N–H and O–H groups in total. The van der Waals surface area contributed by atoms with Crippen molar-refractivity contribution in [2.75, 3.05) is 60.5 Å². The van der Waals surface area contributed by atoms with Crippen molar-refractivity contribution in [1.29, 1.82) is 0 Å². The number of aliphatic hydroxyl groups is 2. The molecule has 6 heterocycles. The van der Waals surface area contributed by atoms with Crippen LogP contribution >= 0.6 is 0 Å². The number of nitrogens with zero attached hydrogens (tertiary/aromatic N) is 6. The van der Waals surface area contributed by atoms with Crippen molar-refractivity contribution < 1.29 is 155 Å². The Morgan fingerprint density at radius 1 is 0.228 bits per heavy atom. The molecule has 6 amide bonds. The van der Waals surface area contributed by atoms with E-state index in [0.717, 1.165) is 22.3 Å². The summed E-state index contributed by atoms with van der Waals surface area (Å²) in [5.41, 5.74) is 12.1. The second kappa shape index (κ2) is 45.8. The number of hydrogen-bond donors (Lipinski definition) is 7. The Hall–Kier alpha value is -18.2. The van der Waals surface area contributed by atoms with Crippen LogP contribution in [0.2, 0.25) is 0 Å². The molecule has 11 aromatic rings. The van der Waals surface area contributed by atoms with Gasteiger partial charge in [0.1, 0.15) is 26.4 Å². The Morgan fingerprint density at radius 3 is 0.579 bits per heavy atom. The fraction of sp³-hybridized carbons (Fsp3) is 0.215. The van der Waals surface area contributed by atoms with Crippen molar-refractivity contribution in [1.82, 2.24) is 29.4 Å². The van der Waals surface area contributed by atoms with Crippen LogP contribution < -0.4 is 0 Å². The molecule has 0 saturated heterocycles. The lowest BCUT2D eigenvalue weighted by atomic mass is 10.0. The largest absolute Gasteiger partial charge is 0.478 e. The molecule has 0 spiro atoms. The Kier molecular flexibility index (Phi) is 32.4. The highest BCUT2D eigenvalue weighted by Gasteiger charge is 2.37. The number of carbonyl (C=O) groups is 18. The molecule has 0 unspecified atom stereocenters. The number of carboxylic acid groups (broad SMARTS) is 5. The van der Waals surface area contributed by atoms with Crippen LogP contribution in [0.5, 0.6) is 0 Å². The molecular weight excluding hydrogens is 1880 g/mol. The molecule has 0 fully saturated rings. The van der Waals surface area contributed by atoms with E-state index in [2.05, 4.69) is 9.47 Å². The van der Waals surface area contributed by atoms with E-state index >= 15 is 0 Å². The molecule has 145 heavy (non-hydrogen) atoms. The first-order valence-electron chi connectivity index (χ1n) is 45.1. The number of amides is 6. The normalized spacial score (nSPS) is 13.1. The molecule has 6 aliphatic rings. The highest BCUT2D eigenvalue weighted by atomic mass is 16.6. The van der Waals surface area contributed by atoms with Crippen molar-refractivity contribution in [3.63, 3.8) is 0 Å². The van der Waals surface area contributed by atoms with E-state index in [9.17, 15) is 102 Å². The number of fused-ring (bicyclic) bond motifs is 6. The number of ether oxygens (including phenoxy) is 7. The van der Waals surface area contributed by atoms with Crippen molar-refractivity contribution in [3.05, 3.63) is 385 Å². The van der Waals surface area contributed by atoms with Gasteiger partial charge in [0.2, 0.25) is 0 Å². The fourth-order valence-corrected chi connectivity index (χ4v) is 16.9. The maximum absolute atomic E-state index is 14.1. The van der Waals surface area contributed by atoms with Crippen molar-refractivity contribution >= 4 is 107 Å². The number of benzene rings is 11. The molecule has 0 aromatic heterocycles. The molecule has 6 aliphatic heterocycles. The van der Waals surface area contributed by atoms with E-state index in [4.69, 9.17) is 44.1 Å². The summed E-state index contributed by atoms with van der Waals surface area (Å²) in [5.74, 6) is -11.9. The molecule has 0 bridgehead atoms. The Morgan fingerprint density at radius 2 is 0.393 bits per heavy atom. The summed E-state index contributed by atoms with van der Waals surface area (Å²) in [6, 6.07) is 55.3. The molecule has 17 rings (SSSR count).